The van der Waals surface area contributed by atoms with Gasteiger partial charge in [0, 0.05) is 5.92 Å². The number of thiazole rings is 1. The molecule has 124 valence electrons. The van der Waals surface area contributed by atoms with Gasteiger partial charge in [0.05, 0.1) is 22.8 Å². The third-order valence-corrected chi connectivity index (χ3v) is 6.11. The molecule has 0 bridgehead atoms. The van der Waals surface area contributed by atoms with Crippen LogP contribution in [0.2, 0.25) is 0 Å². The number of likely N-dealkylation sites (tertiary alicyclic amines) is 1. The first-order chi connectivity index (χ1) is 11.9. The second kappa shape index (κ2) is 5.93. The quantitative estimate of drug-likeness (QED) is 0.709. The molecule has 0 unspecified atom stereocenters. The molecule has 0 N–H and O–H groups in total. The molecule has 1 aliphatic heterocycles. The lowest BCUT2D eigenvalue weighted by Crippen LogP contribution is -2.33. The summed E-state index contributed by atoms with van der Waals surface area (Å²) in [4.78, 5) is 11.9. The van der Waals surface area contributed by atoms with Crippen molar-refractivity contribution < 1.29 is 4.52 Å². The van der Waals surface area contributed by atoms with E-state index in [2.05, 4.69) is 39.3 Å². The molecular formula is C18H20N4OS. The normalized spacial score (nSPS) is 22.2. The Labute approximate surface area is 144 Å². The van der Waals surface area contributed by atoms with Gasteiger partial charge in [0.1, 0.15) is 5.01 Å². The van der Waals surface area contributed by atoms with Crippen LogP contribution in [0, 0.1) is 0 Å². The Morgan fingerprint density at radius 1 is 1.12 bits per heavy atom. The van der Waals surface area contributed by atoms with Gasteiger partial charge in [0.15, 0.2) is 5.82 Å². The molecule has 1 aromatic carbocycles. The second-order valence-corrected chi connectivity index (χ2v) is 7.88. The van der Waals surface area contributed by atoms with E-state index in [1.165, 1.54) is 35.4 Å². The molecule has 1 saturated heterocycles. The summed E-state index contributed by atoms with van der Waals surface area (Å²) in [6, 6.07) is 8.77. The summed E-state index contributed by atoms with van der Waals surface area (Å²) in [5.41, 5.74) is 1.11. The fourth-order valence-electron chi connectivity index (χ4n) is 3.51. The zero-order chi connectivity index (χ0) is 15.9. The van der Waals surface area contributed by atoms with Crippen LogP contribution in [0.5, 0.6) is 0 Å². The molecular weight excluding hydrogens is 320 g/mol. The van der Waals surface area contributed by atoms with E-state index in [1.54, 1.807) is 0 Å². The highest BCUT2D eigenvalue weighted by Gasteiger charge is 2.31. The van der Waals surface area contributed by atoms with Gasteiger partial charge in [0.2, 0.25) is 5.89 Å². The molecule has 1 aliphatic carbocycles. The van der Waals surface area contributed by atoms with Gasteiger partial charge < -0.3 is 4.52 Å². The monoisotopic (exact) mass is 340 g/mol. The maximum atomic E-state index is 5.49. The van der Waals surface area contributed by atoms with Crippen molar-refractivity contribution in [1.29, 1.82) is 0 Å². The number of nitrogens with zero attached hydrogens (tertiary/aromatic N) is 4. The summed E-state index contributed by atoms with van der Waals surface area (Å²) in [5, 5.41) is 5.37. The average molecular weight is 340 g/mol. The summed E-state index contributed by atoms with van der Waals surface area (Å²) < 4.78 is 6.76. The molecule has 6 heteroatoms. The Morgan fingerprint density at radius 2 is 2.04 bits per heavy atom. The summed E-state index contributed by atoms with van der Waals surface area (Å²) in [6.45, 7) is 1.81. The molecule has 1 saturated carbocycles. The Bertz CT molecular complexity index is 820. The third-order valence-electron chi connectivity index (χ3n) is 4.97. The fraction of sp³-hybridized carbons (Fsp3) is 0.500. The Balaban J connectivity index is 1.39. The molecule has 24 heavy (non-hydrogen) atoms. The number of piperidine rings is 1. The van der Waals surface area contributed by atoms with Crippen LogP contribution in [-0.2, 0) is 6.54 Å². The molecule has 0 spiro atoms. The zero-order valence-electron chi connectivity index (χ0n) is 13.5. The number of aromatic nitrogens is 3. The molecule has 2 aromatic heterocycles. The van der Waals surface area contributed by atoms with Crippen molar-refractivity contribution in [3.05, 3.63) is 41.0 Å². The Kier molecular flexibility index (Phi) is 3.60. The molecule has 5 rings (SSSR count). The van der Waals surface area contributed by atoms with Crippen LogP contribution < -0.4 is 0 Å². The lowest BCUT2D eigenvalue weighted by molar-refractivity contribution is 0.124. The smallest absolute Gasteiger partial charge is 0.240 e. The van der Waals surface area contributed by atoms with E-state index in [-0.39, 0.29) is 0 Å². The van der Waals surface area contributed by atoms with Crippen molar-refractivity contribution in [2.45, 2.75) is 50.6 Å². The topological polar surface area (TPSA) is 55.1 Å². The van der Waals surface area contributed by atoms with E-state index < -0.39 is 0 Å². The van der Waals surface area contributed by atoms with Crippen LogP contribution in [0.15, 0.2) is 28.8 Å². The van der Waals surface area contributed by atoms with Gasteiger partial charge in [-0.1, -0.05) is 23.7 Å². The van der Waals surface area contributed by atoms with E-state index in [1.807, 2.05) is 11.3 Å². The summed E-state index contributed by atoms with van der Waals surface area (Å²) >= 11 is 1.82. The van der Waals surface area contributed by atoms with Gasteiger partial charge in [-0.05, 0) is 44.4 Å². The molecule has 2 fully saturated rings. The van der Waals surface area contributed by atoms with Crippen LogP contribution >= 0.6 is 11.3 Å². The van der Waals surface area contributed by atoms with Crippen molar-refractivity contribution >= 4 is 21.6 Å². The van der Waals surface area contributed by atoms with Crippen LogP contribution in [0.3, 0.4) is 0 Å². The Hall–Kier alpha value is -1.79. The summed E-state index contributed by atoms with van der Waals surface area (Å²) in [5.74, 6) is 2.20. The first-order valence-corrected chi connectivity index (χ1v) is 9.60. The van der Waals surface area contributed by atoms with Crippen LogP contribution in [0.4, 0.5) is 0 Å². The number of para-hydroxylation sites is 1. The van der Waals surface area contributed by atoms with Crippen molar-refractivity contribution in [3.63, 3.8) is 0 Å². The van der Waals surface area contributed by atoms with Crippen molar-refractivity contribution in [2.75, 3.05) is 6.54 Å². The third kappa shape index (κ3) is 2.74. The molecule has 3 aromatic rings. The number of hydrogen-bond donors (Lipinski definition) is 0. The fourth-order valence-corrected chi connectivity index (χ4v) is 4.64. The van der Waals surface area contributed by atoms with E-state index in [9.17, 15) is 0 Å². The van der Waals surface area contributed by atoms with Crippen molar-refractivity contribution in [2.24, 2.45) is 0 Å². The van der Waals surface area contributed by atoms with Crippen LogP contribution in [-0.4, -0.2) is 26.6 Å². The van der Waals surface area contributed by atoms with Gasteiger partial charge in [-0.3, -0.25) is 4.90 Å². The second-order valence-electron chi connectivity index (χ2n) is 6.82. The zero-order valence-corrected chi connectivity index (χ0v) is 14.3. The van der Waals surface area contributed by atoms with E-state index in [0.29, 0.717) is 12.0 Å². The number of hydrogen-bond acceptors (Lipinski definition) is 6. The maximum absolute atomic E-state index is 5.49. The highest BCUT2D eigenvalue weighted by molar-refractivity contribution is 7.18. The lowest BCUT2D eigenvalue weighted by atomic mass is 10.0. The Morgan fingerprint density at radius 3 is 2.92 bits per heavy atom. The van der Waals surface area contributed by atoms with Gasteiger partial charge in [-0.25, -0.2) is 4.98 Å². The molecule has 0 amide bonds. The minimum absolute atomic E-state index is 0.368. The van der Waals surface area contributed by atoms with Gasteiger partial charge >= 0.3 is 0 Å². The number of rotatable bonds is 4. The molecule has 5 nitrogen and oxygen atoms in total. The summed E-state index contributed by atoms with van der Waals surface area (Å²) in [6.07, 6.45) is 6.05. The lowest BCUT2D eigenvalue weighted by Gasteiger charge is -2.33. The first-order valence-electron chi connectivity index (χ1n) is 8.79. The van der Waals surface area contributed by atoms with Crippen molar-refractivity contribution in [3.8, 4) is 0 Å². The van der Waals surface area contributed by atoms with Crippen LogP contribution in [0.1, 0.15) is 60.8 Å². The minimum Gasteiger partial charge on any atom is -0.338 e. The number of benzene rings is 1. The predicted octanol–water partition coefficient (Wildman–Crippen LogP) is 4.28. The molecule has 1 atom stereocenters. The van der Waals surface area contributed by atoms with E-state index >= 15 is 0 Å². The molecule has 3 heterocycles. The first kappa shape index (κ1) is 14.5. The van der Waals surface area contributed by atoms with E-state index in [4.69, 9.17) is 9.51 Å². The van der Waals surface area contributed by atoms with Crippen LogP contribution in [0.25, 0.3) is 10.2 Å². The highest BCUT2D eigenvalue weighted by atomic mass is 32.1. The van der Waals surface area contributed by atoms with Gasteiger partial charge in [-0.15, -0.1) is 11.3 Å². The average Bonchev–Trinajstić information content (AvgIpc) is 3.20. The van der Waals surface area contributed by atoms with Gasteiger partial charge in [-0.2, -0.15) is 4.98 Å². The molecule has 2 aliphatic rings. The standard InChI is InChI=1S/C18H20N4OS/c1-2-7-15-13(5-1)19-18(24-15)14-6-3-4-10-22(14)11-16-20-17(21-23-16)12-8-9-12/h1-2,5,7,12,14H,3-4,6,8-11H2/t14-/m0/s1. The maximum Gasteiger partial charge on any atom is 0.240 e. The number of fused-ring (bicyclic) bond motifs is 1. The predicted molar refractivity (Wildman–Crippen MR) is 92.9 cm³/mol. The van der Waals surface area contributed by atoms with Gasteiger partial charge in [0.25, 0.3) is 0 Å². The minimum atomic E-state index is 0.368. The summed E-state index contributed by atoms with van der Waals surface area (Å²) in [7, 11) is 0. The largest absolute Gasteiger partial charge is 0.338 e. The molecule has 0 radical (unpaired) electrons. The SMILES string of the molecule is c1ccc2sc([C@@H]3CCCCN3Cc3nc(C4CC4)no3)nc2c1. The van der Waals surface area contributed by atoms with Crippen molar-refractivity contribution in [1.82, 2.24) is 20.0 Å². The highest BCUT2D eigenvalue weighted by Crippen LogP contribution is 2.39. The van der Waals surface area contributed by atoms with E-state index in [0.717, 1.165) is 36.7 Å².